The van der Waals surface area contributed by atoms with Crippen LogP contribution in [0.1, 0.15) is 17.3 Å². The van der Waals surface area contributed by atoms with Crippen LogP contribution >= 0.6 is 11.3 Å². The molecule has 1 unspecified atom stereocenters. The van der Waals surface area contributed by atoms with Crippen LogP contribution in [0.4, 0.5) is 0 Å². The molecule has 0 aliphatic rings. The van der Waals surface area contributed by atoms with Crippen LogP contribution in [0, 0.1) is 0 Å². The van der Waals surface area contributed by atoms with Gasteiger partial charge in [0, 0.05) is 11.6 Å². The maximum Gasteiger partial charge on any atom is 0.137 e. The summed E-state index contributed by atoms with van der Waals surface area (Å²) in [5, 5.41) is 5.25. The Bertz CT molecular complexity index is 444. The van der Waals surface area contributed by atoms with Gasteiger partial charge in [0.2, 0.25) is 0 Å². The summed E-state index contributed by atoms with van der Waals surface area (Å²) in [6, 6.07) is 2.03. The van der Waals surface area contributed by atoms with Crippen molar-refractivity contribution >= 4 is 11.3 Å². The number of nitrogens with one attached hydrogen (secondary N) is 1. The molecule has 2 aromatic rings. The van der Waals surface area contributed by atoms with E-state index >= 15 is 0 Å². The van der Waals surface area contributed by atoms with Crippen LogP contribution in [0.3, 0.4) is 0 Å². The molecule has 2 aromatic heterocycles. The molecule has 0 fully saturated rings. The molecular weight excluding hydrogens is 222 g/mol. The highest BCUT2D eigenvalue weighted by atomic mass is 32.1. The van der Waals surface area contributed by atoms with Gasteiger partial charge in [-0.15, -0.1) is 11.3 Å². The lowest BCUT2D eigenvalue weighted by atomic mass is 10.1. The SMILES string of the molecule is CNC(c1cncc(OC)c1)c1cscn1. The van der Waals surface area contributed by atoms with Crippen molar-refractivity contribution in [1.82, 2.24) is 15.3 Å². The van der Waals surface area contributed by atoms with Gasteiger partial charge in [-0.05, 0) is 18.7 Å². The van der Waals surface area contributed by atoms with Crippen LogP contribution in [-0.4, -0.2) is 24.1 Å². The third-order valence-corrected chi connectivity index (χ3v) is 2.94. The van der Waals surface area contributed by atoms with E-state index in [1.165, 1.54) is 0 Å². The topological polar surface area (TPSA) is 47.0 Å². The summed E-state index contributed by atoms with van der Waals surface area (Å²) in [5.74, 6) is 0.757. The largest absolute Gasteiger partial charge is 0.495 e. The second-order valence-corrected chi connectivity index (χ2v) is 4.01. The molecule has 2 heterocycles. The molecule has 0 saturated carbocycles. The van der Waals surface area contributed by atoms with Gasteiger partial charge in [-0.3, -0.25) is 4.98 Å². The predicted molar refractivity (Wildman–Crippen MR) is 63.8 cm³/mol. The molecule has 0 spiro atoms. The van der Waals surface area contributed by atoms with E-state index in [0.717, 1.165) is 17.0 Å². The molecule has 5 heteroatoms. The maximum absolute atomic E-state index is 5.16. The number of rotatable bonds is 4. The highest BCUT2D eigenvalue weighted by molar-refractivity contribution is 7.07. The number of nitrogens with zero attached hydrogens (tertiary/aromatic N) is 2. The Labute approximate surface area is 98.3 Å². The zero-order chi connectivity index (χ0) is 11.4. The summed E-state index contributed by atoms with van der Waals surface area (Å²) in [6.45, 7) is 0. The van der Waals surface area contributed by atoms with Gasteiger partial charge >= 0.3 is 0 Å². The van der Waals surface area contributed by atoms with Gasteiger partial charge in [0.1, 0.15) is 5.75 Å². The number of aromatic nitrogens is 2. The van der Waals surface area contributed by atoms with E-state index in [0.29, 0.717) is 0 Å². The predicted octanol–water partition coefficient (Wildman–Crippen LogP) is 1.86. The second-order valence-electron chi connectivity index (χ2n) is 3.29. The molecule has 0 aliphatic carbocycles. The normalized spacial score (nSPS) is 12.4. The van der Waals surface area contributed by atoms with Crippen molar-refractivity contribution in [2.75, 3.05) is 14.2 Å². The Morgan fingerprint density at radius 2 is 2.31 bits per heavy atom. The smallest absolute Gasteiger partial charge is 0.137 e. The number of ether oxygens (including phenoxy) is 1. The van der Waals surface area contributed by atoms with Crippen molar-refractivity contribution in [2.45, 2.75) is 6.04 Å². The molecule has 4 nitrogen and oxygen atoms in total. The monoisotopic (exact) mass is 235 g/mol. The van der Waals surface area contributed by atoms with E-state index in [4.69, 9.17) is 4.74 Å². The number of hydrogen-bond acceptors (Lipinski definition) is 5. The van der Waals surface area contributed by atoms with Crippen molar-refractivity contribution in [2.24, 2.45) is 0 Å². The molecule has 0 amide bonds. The molecule has 1 atom stereocenters. The van der Waals surface area contributed by atoms with Gasteiger partial charge in [0.15, 0.2) is 0 Å². The van der Waals surface area contributed by atoms with E-state index < -0.39 is 0 Å². The third kappa shape index (κ3) is 2.20. The lowest BCUT2D eigenvalue weighted by Crippen LogP contribution is -2.18. The Hall–Kier alpha value is -1.46. The Balaban J connectivity index is 2.33. The first-order valence-corrected chi connectivity index (χ1v) is 5.83. The lowest BCUT2D eigenvalue weighted by Gasteiger charge is -2.14. The van der Waals surface area contributed by atoms with Crippen LogP contribution in [0.15, 0.2) is 29.4 Å². The fourth-order valence-corrected chi connectivity index (χ4v) is 2.13. The number of thiazole rings is 1. The van der Waals surface area contributed by atoms with Crippen molar-refractivity contribution < 1.29 is 4.74 Å². The average Bonchev–Trinajstić information content (AvgIpc) is 2.84. The highest BCUT2D eigenvalue weighted by Crippen LogP contribution is 2.23. The maximum atomic E-state index is 5.16. The summed E-state index contributed by atoms with van der Waals surface area (Å²) in [6.07, 6.45) is 3.51. The first-order chi connectivity index (χ1) is 7.85. The van der Waals surface area contributed by atoms with Crippen LogP contribution < -0.4 is 10.1 Å². The first-order valence-electron chi connectivity index (χ1n) is 4.89. The van der Waals surface area contributed by atoms with E-state index in [-0.39, 0.29) is 6.04 Å². The minimum absolute atomic E-state index is 0.0637. The zero-order valence-electron chi connectivity index (χ0n) is 9.18. The van der Waals surface area contributed by atoms with Gasteiger partial charge in [-0.1, -0.05) is 0 Å². The molecule has 0 aromatic carbocycles. The summed E-state index contributed by atoms with van der Waals surface area (Å²) in [4.78, 5) is 8.45. The highest BCUT2D eigenvalue weighted by Gasteiger charge is 2.14. The zero-order valence-corrected chi connectivity index (χ0v) is 9.99. The van der Waals surface area contributed by atoms with Gasteiger partial charge in [-0.2, -0.15) is 0 Å². The van der Waals surface area contributed by atoms with Gasteiger partial charge in [0.25, 0.3) is 0 Å². The van der Waals surface area contributed by atoms with E-state index in [9.17, 15) is 0 Å². The molecule has 0 radical (unpaired) electrons. The third-order valence-electron chi connectivity index (χ3n) is 2.34. The minimum Gasteiger partial charge on any atom is -0.495 e. The molecule has 84 valence electrons. The molecule has 0 aliphatic heterocycles. The molecule has 0 saturated heterocycles. The van der Waals surface area contributed by atoms with E-state index in [2.05, 4.69) is 15.3 Å². The molecular formula is C11H13N3OS. The van der Waals surface area contributed by atoms with E-state index in [1.54, 1.807) is 24.6 Å². The van der Waals surface area contributed by atoms with Crippen LogP contribution in [0.2, 0.25) is 0 Å². The second kappa shape index (κ2) is 5.05. The number of pyridine rings is 1. The first kappa shape index (κ1) is 11.0. The Morgan fingerprint density at radius 3 is 2.94 bits per heavy atom. The minimum atomic E-state index is 0.0637. The van der Waals surface area contributed by atoms with Gasteiger partial charge < -0.3 is 10.1 Å². The molecule has 16 heavy (non-hydrogen) atoms. The summed E-state index contributed by atoms with van der Waals surface area (Å²) < 4.78 is 5.16. The number of methoxy groups -OCH3 is 1. The number of hydrogen-bond donors (Lipinski definition) is 1. The van der Waals surface area contributed by atoms with Crippen LogP contribution in [0.5, 0.6) is 5.75 Å². The fraction of sp³-hybridized carbons (Fsp3) is 0.273. The van der Waals surface area contributed by atoms with Crippen molar-refractivity contribution in [3.05, 3.63) is 40.6 Å². The van der Waals surface area contributed by atoms with Gasteiger partial charge in [0.05, 0.1) is 30.6 Å². The summed E-state index contributed by atoms with van der Waals surface area (Å²) in [7, 11) is 3.54. The Morgan fingerprint density at radius 1 is 1.44 bits per heavy atom. The van der Waals surface area contributed by atoms with Crippen LogP contribution in [0.25, 0.3) is 0 Å². The average molecular weight is 235 g/mol. The van der Waals surface area contributed by atoms with Crippen molar-refractivity contribution in [1.29, 1.82) is 0 Å². The molecule has 1 N–H and O–H groups in total. The summed E-state index contributed by atoms with van der Waals surface area (Å²) >= 11 is 1.59. The molecule has 2 rings (SSSR count). The van der Waals surface area contributed by atoms with Gasteiger partial charge in [-0.25, -0.2) is 4.98 Å². The standard InChI is InChI=1S/C11H13N3OS/c1-12-11(10-6-16-7-14-10)8-3-9(15-2)5-13-4-8/h3-7,11-12H,1-2H3. The van der Waals surface area contributed by atoms with Crippen molar-refractivity contribution in [3.8, 4) is 5.75 Å². The lowest BCUT2D eigenvalue weighted by molar-refractivity contribution is 0.411. The quantitative estimate of drug-likeness (QED) is 0.878. The fourth-order valence-electron chi connectivity index (χ4n) is 1.55. The van der Waals surface area contributed by atoms with Crippen LogP contribution in [-0.2, 0) is 0 Å². The Kier molecular flexibility index (Phi) is 3.48. The van der Waals surface area contributed by atoms with E-state index in [1.807, 2.05) is 30.2 Å². The van der Waals surface area contributed by atoms with Crippen molar-refractivity contribution in [3.63, 3.8) is 0 Å². The summed E-state index contributed by atoms with van der Waals surface area (Å²) in [5.41, 5.74) is 3.88. The molecule has 0 bridgehead atoms.